The summed E-state index contributed by atoms with van der Waals surface area (Å²) in [7, 11) is 0. The van der Waals surface area contributed by atoms with Crippen LogP contribution in [0.4, 0.5) is 0 Å². The Bertz CT molecular complexity index is 814. The summed E-state index contributed by atoms with van der Waals surface area (Å²) in [6, 6.07) is 11.9. The van der Waals surface area contributed by atoms with Gasteiger partial charge in [0.05, 0.1) is 36.6 Å². The second-order valence-electron chi connectivity index (χ2n) is 7.47. The highest BCUT2D eigenvalue weighted by molar-refractivity contribution is 5.33. The topological polar surface area (TPSA) is 57.9 Å². The maximum absolute atomic E-state index is 6.22. The van der Waals surface area contributed by atoms with Gasteiger partial charge in [0, 0.05) is 12.5 Å². The molecule has 2 atom stereocenters. The van der Waals surface area contributed by atoms with E-state index in [1.165, 1.54) is 0 Å². The highest BCUT2D eigenvalue weighted by Crippen LogP contribution is 2.29. The number of hydrogen-bond acceptors (Lipinski definition) is 5. The fraction of sp³-hybridized carbons (Fsp3) is 0.565. The van der Waals surface area contributed by atoms with Gasteiger partial charge >= 0.3 is 0 Å². The van der Waals surface area contributed by atoms with E-state index in [-0.39, 0.29) is 6.10 Å². The molecule has 1 aromatic heterocycles. The van der Waals surface area contributed by atoms with E-state index in [0.717, 1.165) is 44.2 Å². The molecule has 158 valence electrons. The van der Waals surface area contributed by atoms with Gasteiger partial charge in [-0.25, -0.2) is 9.67 Å². The van der Waals surface area contributed by atoms with E-state index in [1.54, 1.807) is 10.9 Å². The van der Waals surface area contributed by atoms with Crippen molar-refractivity contribution < 1.29 is 14.2 Å². The molecule has 1 aromatic carbocycles. The number of para-hydroxylation sites is 1. The van der Waals surface area contributed by atoms with Crippen molar-refractivity contribution in [2.75, 3.05) is 13.2 Å². The summed E-state index contributed by atoms with van der Waals surface area (Å²) in [6.07, 6.45) is 7.60. The third-order valence-electron chi connectivity index (χ3n) is 5.01. The molecule has 6 heteroatoms. The lowest BCUT2D eigenvalue weighted by Crippen LogP contribution is -2.41. The Morgan fingerprint density at radius 1 is 1.24 bits per heavy atom. The Hall–Kier alpha value is -2.18. The van der Waals surface area contributed by atoms with Crippen molar-refractivity contribution in [1.82, 2.24) is 9.78 Å². The van der Waals surface area contributed by atoms with E-state index in [0.29, 0.717) is 24.5 Å². The van der Waals surface area contributed by atoms with Crippen LogP contribution in [0.5, 0.6) is 5.88 Å². The van der Waals surface area contributed by atoms with Crippen LogP contribution in [0.25, 0.3) is 5.69 Å². The summed E-state index contributed by atoms with van der Waals surface area (Å²) in [5, 5.41) is 5.31. The van der Waals surface area contributed by atoms with Gasteiger partial charge in [0.2, 0.25) is 5.88 Å². The van der Waals surface area contributed by atoms with Crippen LogP contribution >= 0.6 is 0 Å². The first kappa shape index (κ1) is 21.5. The van der Waals surface area contributed by atoms with Gasteiger partial charge in [0.15, 0.2) is 0 Å². The van der Waals surface area contributed by atoms with E-state index >= 15 is 0 Å². The summed E-state index contributed by atoms with van der Waals surface area (Å²) in [5.41, 5.74) is 0.949. The maximum Gasteiger partial charge on any atom is 0.270 e. The molecule has 1 aliphatic rings. The number of nitrogens with zero attached hydrogens (tertiary/aromatic N) is 3. The smallest absolute Gasteiger partial charge is 0.270 e. The summed E-state index contributed by atoms with van der Waals surface area (Å²) in [4.78, 5) is 4.86. The van der Waals surface area contributed by atoms with Crippen LogP contribution in [-0.4, -0.2) is 35.0 Å². The van der Waals surface area contributed by atoms with Gasteiger partial charge in [-0.15, -0.1) is 0 Å². The Kier molecular flexibility index (Phi) is 7.83. The molecule has 2 unspecified atom stereocenters. The number of ether oxygens (including phenoxy) is 3. The lowest BCUT2D eigenvalue weighted by atomic mass is 10.1. The second kappa shape index (κ2) is 10.6. The van der Waals surface area contributed by atoms with Gasteiger partial charge in [-0.3, -0.25) is 0 Å². The minimum absolute atomic E-state index is 0.0723. The molecule has 6 nitrogen and oxygen atoms in total. The molecule has 0 aliphatic carbocycles. The van der Waals surface area contributed by atoms with Crippen molar-refractivity contribution in [1.29, 1.82) is 0 Å². The predicted octanol–water partition coefficient (Wildman–Crippen LogP) is 4.62. The molecular weight excluding hydrogens is 366 g/mol. The minimum atomic E-state index is -0.936. The Labute approximate surface area is 173 Å². The van der Waals surface area contributed by atoms with Crippen LogP contribution in [0, 0.1) is 0 Å². The molecule has 0 N–H and O–H groups in total. The molecule has 0 spiro atoms. The third-order valence-corrected chi connectivity index (χ3v) is 5.01. The fourth-order valence-corrected chi connectivity index (χ4v) is 3.20. The minimum Gasteiger partial charge on any atom is -0.478 e. The predicted molar refractivity (Wildman–Crippen MR) is 113 cm³/mol. The monoisotopic (exact) mass is 399 g/mol. The molecule has 1 aliphatic heterocycles. The average Bonchev–Trinajstić information content (AvgIpc) is 2.75. The molecule has 2 aromatic rings. The van der Waals surface area contributed by atoms with Crippen molar-refractivity contribution in [2.24, 2.45) is 4.99 Å². The molecular formula is C23H33N3O3. The standard InChI is InChI=1S/C23H33N3O3/c1-4-6-15-27-22-17-20(18-24-26(22)21-12-8-7-9-13-21)25-23(29-19(3)5-2)14-10-11-16-28-23/h7-9,12-13,17-19H,4-6,10-11,14-16H2,1-3H3. The van der Waals surface area contributed by atoms with Crippen LogP contribution in [-0.2, 0) is 9.47 Å². The SMILES string of the molecule is CCCCOc1cc(=NC2(OC(C)CC)CCCCO2)cnn1-c1ccccc1. The molecule has 29 heavy (non-hydrogen) atoms. The van der Waals surface area contributed by atoms with Crippen molar-refractivity contribution in [3.8, 4) is 11.6 Å². The average molecular weight is 400 g/mol. The molecule has 1 saturated heterocycles. The summed E-state index contributed by atoms with van der Waals surface area (Å²) >= 11 is 0. The Morgan fingerprint density at radius 3 is 2.76 bits per heavy atom. The highest BCUT2D eigenvalue weighted by atomic mass is 16.7. The zero-order valence-corrected chi connectivity index (χ0v) is 17.8. The second-order valence-corrected chi connectivity index (χ2v) is 7.47. The Morgan fingerprint density at radius 2 is 2.07 bits per heavy atom. The first-order chi connectivity index (χ1) is 14.2. The van der Waals surface area contributed by atoms with E-state index in [2.05, 4.69) is 25.9 Å². The number of aromatic nitrogens is 2. The van der Waals surface area contributed by atoms with Crippen molar-refractivity contribution in [3.63, 3.8) is 0 Å². The number of rotatable bonds is 9. The van der Waals surface area contributed by atoms with Gasteiger partial charge in [0.25, 0.3) is 5.91 Å². The number of unbranched alkanes of at least 4 members (excludes halogenated alkanes) is 1. The van der Waals surface area contributed by atoms with Gasteiger partial charge in [-0.05, 0) is 44.7 Å². The lowest BCUT2D eigenvalue weighted by Gasteiger charge is -2.35. The van der Waals surface area contributed by atoms with Crippen LogP contribution < -0.4 is 10.1 Å². The van der Waals surface area contributed by atoms with Crippen LogP contribution in [0.2, 0.25) is 0 Å². The number of benzene rings is 1. The van der Waals surface area contributed by atoms with Crippen molar-refractivity contribution >= 4 is 0 Å². The normalized spacial score (nSPS) is 21.1. The van der Waals surface area contributed by atoms with Crippen LogP contribution in [0.1, 0.15) is 59.3 Å². The summed E-state index contributed by atoms with van der Waals surface area (Å²) in [6.45, 7) is 7.60. The molecule has 2 heterocycles. The van der Waals surface area contributed by atoms with Gasteiger partial charge in [-0.1, -0.05) is 38.5 Å². The summed E-state index contributed by atoms with van der Waals surface area (Å²) < 4.78 is 20.1. The lowest BCUT2D eigenvalue weighted by molar-refractivity contribution is -0.270. The van der Waals surface area contributed by atoms with Crippen molar-refractivity contribution in [2.45, 2.75) is 71.3 Å². The number of hydrogen-bond donors (Lipinski definition) is 0. The molecule has 0 amide bonds. The Balaban J connectivity index is 1.97. The highest BCUT2D eigenvalue weighted by Gasteiger charge is 2.35. The van der Waals surface area contributed by atoms with Crippen molar-refractivity contribution in [3.05, 3.63) is 48.0 Å². The molecule has 3 rings (SSSR count). The summed E-state index contributed by atoms with van der Waals surface area (Å²) in [5.74, 6) is -0.269. The molecule has 1 fully saturated rings. The largest absolute Gasteiger partial charge is 0.478 e. The maximum atomic E-state index is 6.22. The first-order valence-electron chi connectivity index (χ1n) is 10.8. The van der Waals surface area contributed by atoms with E-state index in [1.807, 2.05) is 36.4 Å². The van der Waals surface area contributed by atoms with Gasteiger partial charge in [-0.2, -0.15) is 5.10 Å². The molecule has 0 radical (unpaired) electrons. The molecule has 0 bridgehead atoms. The van der Waals surface area contributed by atoms with E-state index < -0.39 is 5.91 Å². The third kappa shape index (κ3) is 5.90. The van der Waals surface area contributed by atoms with E-state index in [4.69, 9.17) is 19.2 Å². The van der Waals surface area contributed by atoms with Gasteiger partial charge in [0.1, 0.15) is 0 Å². The quantitative estimate of drug-likeness (QED) is 0.577. The van der Waals surface area contributed by atoms with Gasteiger partial charge < -0.3 is 14.2 Å². The molecule has 0 saturated carbocycles. The van der Waals surface area contributed by atoms with E-state index in [9.17, 15) is 0 Å². The zero-order valence-electron chi connectivity index (χ0n) is 17.8. The van der Waals surface area contributed by atoms with Crippen LogP contribution in [0.15, 0.2) is 47.6 Å². The van der Waals surface area contributed by atoms with Crippen LogP contribution in [0.3, 0.4) is 0 Å². The zero-order chi connectivity index (χ0) is 20.5. The fourth-order valence-electron chi connectivity index (χ4n) is 3.20. The first-order valence-corrected chi connectivity index (χ1v) is 10.8.